The van der Waals surface area contributed by atoms with Gasteiger partial charge in [0, 0.05) is 19.6 Å². The van der Waals surface area contributed by atoms with Gasteiger partial charge in [-0.3, -0.25) is 10.1 Å². The number of para-hydroxylation sites is 1. The molecule has 2 N–H and O–H groups in total. The Morgan fingerprint density at radius 2 is 2.24 bits per heavy atom. The van der Waals surface area contributed by atoms with E-state index in [0.717, 1.165) is 19.3 Å². The molecule has 1 aliphatic rings. The Labute approximate surface area is 125 Å². The largest absolute Gasteiger partial charge is 0.487 e. The summed E-state index contributed by atoms with van der Waals surface area (Å²) >= 11 is 0. The number of hydrogen-bond donors (Lipinski definition) is 1. The van der Waals surface area contributed by atoms with Crippen LogP contribution in [0.4, 0.5) is 11.4 Å². The molecule has 0 radical (unpaired) electrons. The number of nitro benzene ring substituents is 1. The maximum Gasteiger partial charge on any atom is 0.333 e. The zero-order chi connectivity index (χ0) is 15.4. The van der Waals surface area contributed by atoms with Crippen LogP contribution in [0.5, 0.6) is 5.75 Å². The van der Waals surface area contributed by atoms with Crippen molar-refractivity contribution in [2.45, 2.75) is 32.2 Å². The van der Waals surface area contributed by atoms with E-state index in [4.69, 9.17) is 10.5 Å². The Balaban J connectivity index is 2.34. The van der Waals surface area contributed by atoms with Crippen LogP contribution in [0.15, 0.2) is 18.2 Å². The van der Waals surface area contributed by atoms with E-state index in [1.54, 1.807) is 18.2 Å². The highest BCUT2D eigenvalue weighted by Gasteiger charge is 2.35. The summed E-state index contributed by atoms with van der Waals surface area (Å²) in [5.74, 6) is 0.873. The van der Waals surface area contributed by atoms with Crippen LogP contribution in [0.3, 0.4) is 0 Å². The number of rotatable bonds is 8. The molecule has 0 heterocycles. The molecule has 0 aliphatic heterocycles. The van der Waals surface area contributed by atoms with Crippen molar-refractivity contribution >= 4 is 11.4 Å². The summed E-state index contributed by atoms with van der Waals surface area (Å²) in [7, 11) is 1.88. The smallest absolute Gasteiger partial charge is 0.333 e. The molecule has 1 unspecified atom stereocenters. The molecule has 1 saturated carbocycles. The lowest BCUT2D eigenvalue weighted by Crippen LogP contribution is -2.40. The van der Waals surface area contributed by atoms with Crippen molar-refractivity contribution in [2.24, 2.45) is 11.7 Å². The fraction of sp³-hybridized carbons (Fsp3) is 0.600. The number of likely N-dealkylation sites (N-methyl/N-ethyl adjacent to an activating group) is 1. The van der Waals surface area contributed by atoms with Crippen LogP contribution in [0.2, 0.25) is 0 Å². The Hall–Kier alpha value is -1.82. The average molecular weight is 293 g/mol. The number of anilines is 1. The minimum absolute atomic E-state index is 0.0348. The van der Waals surface area contributed by atoms with Crippen LogP contribution in [0.1, 0.15) is 26.2 Å². The maximum atomic E-state index is 11.5. The van der Waals surface area contributed by atoms with Crippen LogP contribution in [-0.2, 0) is 0 Å². The second kappa shape index (κ2) is 6.76. The third-order valence-electron chi connectivity index (χ3n) is 3.91. The van der Waals surface area contributed by atoms with Gasteiger partial charge in [-0.05, 0) is 37.3 Å². The van der Waals surface area contributed by atoms with Crippen LogP contribution in [0.25, 0.3) is 0 Å². The number of ether oxygens (including phenoxy) is 1. The molecule has 1 aromatic rings. The highest BCUT2D eigenvalue weighted by atomic mass is 16.6. The summed E-state index contributed by atoms with van der Waals surface area (Å²) in [5, 5.41) is 11.5. The first-order valence-electron chi connectivity index (χ1n) is 7.43. The van der Waals surface area contributed by atoms with Crippen LogP contribution in [-0.4, -0.2) is 31.2 Å². The van der Waals surface area contributed by atoms with Gasteiger partial charge in [0.1, 0.15) is 5.69 Å². The number of nitrogens with zero attached hydrogens (tertiary/aromatic N) is 2. The highest BCUT2D eigenvalue weighted by Crippen LogP contribution is 2.41. The van der Waals surface area contributed by atoms with E-state index < -0.39 is 0 Å². The van der Waals surface area contributed by atoms with E-state index >= 15 is 0 Å². The molecular formula is C15H23N3O3. The van der Waals surface area contributed by atoms with Gasteiger partial charge in [0.05, 0.1) is 11.5 Å². The minimum Gasteiger partial charge on any atom is -0.487 e. The summed E-state index contributed by atoms with van der Waals surface area (Å²) in [4.78, 5) is 13.0. The van der Waals surface area contributed by atoms with Crippen molar-refractivity contribution < 1.29 is 9.66 Å². The molecule has 0 bridgehead atoms. The third kappa shape index (κ3) is 3.44. The van der Waals surface area contributed by atoms with E-state index in [0.29, 0.717) is 30.5 Å². The lowest BCUT2D eigenvalue weighted by molar-refractivity contribution is -0.385. The predicted molar refractivity (Wildman–Crippen MR) is 82.9 cm³/mol. The summed E-state index contributed by atoms with van der Waals surface area (Å²) in [6, 6.07) is 5.36. The van der Waals surface area contributed by atoms with Gasteiger partial charge in [0.2, 0.25) is 0 Å². The van der Waals surface area contributed by atoms with Gasteiger partial charge in [-0.1, -0.05) is 13.0 Å². The molecule has 6 heteroatoms. The second-order valence-electron chi connectivity index (χ2n) is 5.48. The van der Waals surface area contributed by atoms with Gasteiger partial charge in [0.25, 0.3) is 0 Å². The van der Waals surface area contributed by atoms with Crippen LogP contribution in [0, 0.1) is 16.0 Å². The third-order valence-corrected chi connectivity index (χ3v) is 3.91. The fourth-order valence-electron chi connectivity index (χ4n) is 2.63. The molecule has 0 amide bonds. The van der Waals surface area contributed by atoms with Crippen molar-refractivity contribution in [3.63, 3.8) is 0 Å². The average Bonchev–Trinajstić information content (AvgIpc) is 3.29. The van der Waals surface area contributed by atoms with Gasteiger partial charge in [-0.25, -0.2) is 0 Å². The van der Waals surface area contributed by atoms with E-state index in [1.807, 2.05) is 18.9 Å². The van der Waals surface area contributed by atoms with Crippen molar-refractivity contribution in [1.82, 2.24) is 0 Å². The number of nitro groups is 1. The van der Waals surface area contributed by atoms with E-state index in [2.05, 4.69) is 0 Å². The van der Waals surface area contributed by atoms with Crippen molar-refractivity contribution in [3.8, 4) is 5.75 Å². The lowest BCUT2D eigenvalue weighted by Gasteiger charge is -2.29. The molecule has 0 saturated heterocycles. The quantitative estimate of drug-likeness (QED) is 0.588. The number of hydrogen-bond acceptors (Lipinski definition) is 5. The second-order valence-corrected chi connectivity index (χ2v) is 5.48. The van der Waals surface area contributed by atoms with Gasteiger partial charge >= 0.3 is 5.69 Å². The van der Waals surface area contributed by atoms with E-state index in [-0.39, 0.29) is 16.7 Å². The van der Waals surface area contributed by atoms with Gasteiger partial charge < -0.3 is 15.4 Å². The summed E-state index contributed by atoms with van der Waals surface area (Å²) in [6.07, 6.45) is 3.10. The predicted octanol–water partition coefficient (Wildman–Crippen LogP) is 2.56. The topological polar surface area (TPSA) is 81.6 Å². The number of nitrogens with two attached hydrogens (primary N) is 1. The molecule has 21 heavy (non-hydrogen) atoms. The molecule has 1 atom stereocenters. The van der Waals surface area contributed by atoms with Gasteiger partial charge in [0.15, 0.2) is 5.75 Å². The number of benzene rings is 1. The first-order chi connectivity index (χ1) is 10.1. The monoisotopic (exact) mass is 293 g/mol. The Kier molecular flexibility index (Phi) is 5.01. The molecule has 6 nitrogen and oxygen atoms in total. The SMILES string of the molecule is CCCOc1cccc(N(C)C(CN)C2CC2)c1[N+](=O)[O-]. The molecule has 1 aliphatic carbocycles. The van der Waals surface area contributed by atoms with Gasteiger partial charge in [-0.15, -0.1) is 0 Å². The van der Waals surface area contributed by atoms with Crippen molar-refractivity contribution in [2.75, 3.05) is 25.1 Å². The Morgan fingerprint density at radius 3 is 2.76 bits per heavy atom. The lowest BCUT2D eigenvalue weighted by atomic mass is 10.1. The van der Waals surface area contributed by atoms with E-state index in [1.165, 1.54) is 0 Å². The highest BCUT2D eigenvalue weighted by molar-refractivity contribution is 5.70. The molecule has 2 rings (SSSR count). The summed E-state index contributed by atoms with van der Waals surface area (Å²) < 4.78 is 5.53. The molecule has 0 aromatic heterocycles. The molecule has 0 spiro atoms. The fourth-order valence-corrected chi connectivity index (χ4v) is 2.63. The van der Waals surface area contributed by atoms with Crippen molar-refractivity contribution in [1.29, 1.82) is 0 Å². The molecule has 116 valence electrons. The zero-order valence-corrected chi connectivity index (χ0v) is 12.6. The Bertz CT molecular complexity index is 503. The summed E-state index contributed by atoms with van der Waals surface area (Å²) in [6.45, 7) is 2.94. The standard InChI is InChI=1S/C15H23N3O3/c1-3-9-21-14-6-4-5-12(15(14)18(19)20)17(2)13(10-16)11-7-8-11/h4-6,11,13H,3,7-10,16H2,1-2H3. The molecular weight excluding hydrogens is 270 g/mol. The summed E-state index contributed by atoms with van der Waals surface area (Å²) in [5.41, 5.74) is 6.47. The van der Waals surface area contributed by atoms with Crippen molar-refractivity contribution in [3.05, 3.63) is 28.3 Å². The minimum atomic E-state index is -0.364. The van der Waals surface area contributed by atoms with Crippen LogP contribution < -0.4 is 15.4 Å². The normalized spacial score (nSPS) is 15.6. The zero-order valence-electron chi connectivity index (χ0n) is 12.6. The van der Waals surface area contributed by atoms with Crippen LogP contribution >= 0.6 is 0 Å². The molecule has 1 aromatic carbocycles. The first-order valence-corrected chi connectivity index (χ1v) is 7.43. The maximum absolute atomic E-state index is 11.5. The molecule has 1 fully saturated rings. The van der Waals surface area contributed by atoms with E-state index in [9.17, 15) is 10.1 Å². The van der Waals surface area contributed by atoms with Gasteiger partial charge in [-0.2, -0.15) is 0 Å². The Morgan fingerprint density at radius 1 is 1.52 bits per heavy atom. The first kappa shape index (κ1) is 15.6.